The Morgan fingerprint density at radius 2 is 2.00 bits per heavy atom. The van der Waals surface area contributed by atoms with Crippen molar-refractivity contribution in [3.63, 3.8) is 0 Å². The first-order valence-corrected chi connectivity index (χ1v) is 7.27. The molecule has 4 nitrogen and oxygen atoms in total. The number of rotatable bonds is 4. The largest absolute Gasteiger partial charge is 0.343 e. The fraction of sp³-hybridized carbons (Fsp3) is 0.467. The molecule has 20 heavy (non-hydrogen) atoms. The topological polar surface area (TPSA) is 40.6 Å². The van der Waals surface area contributed by atoms with Crippen molar-refractivity contribution in [3.05, 3.63) is 29.3 Å². The van der Waals surface area contributed by atoms with Crippen LogP contribution in [0.15, 0.2) is 24.3 Å². The predicted molar refractivity (Wildman–Crippen MR) is 79.9 cm³/mol. The number of carbonyl (C=O) groups is 2. The second-order valence-corrected chi connectivity index (χ2v) is 5.42. The van der Waals surface area contributed by atoms with E-state index in [1.54, 1.807) is 23.1 Å². The van der Waals surface area contributed by atoms with E-state index in [0.29, 0.717) is 18.0 Å². The van der Waals surface area contributed by atoms with Crippen LogP contribution < -0.4 is 4.90 Å². The van der Waals surface area contributed by atoms with E-state index >= 15 is 0 Å². The van der Waals surface area contributed by atoms with Crippen LogP contribution in [-0.4, -0.2) is 36.3 Å². The summed E-state index contributed by atoms with van der Waals surface area (Å²) in [5, 5.41) is 0.583. The molecule has 0 aliphatic carbocycles. The van der Waals surface area contributed by atoms with E-state index in [-0.39, 0.29) is 11.8 Å². The van der Waals surface area contributed by atoms with Crippen molar-refractivity contribution in [2.45, 2.75) is 26.2 Å². The minimum absolute atomic E-state index is 0.0820. The minimum atomic E-state index is -0.0820. The standard InChI is InChI=1S/C15H19ClN2O2/c1-12(19)18(14-6-4-5-13(16)11-14)10-7-15(20)17-8-2-3-9-17/h4-6,11H,2-3,7-10H2,1H3. The molecule has 1 aromatic rings. The predicted octanol–water partition coefficient (Wildman–Crippen LogP) is 2.71. The number of hydrogen-bond donors (Lipinski definition) is 0. The van der Waals surface area contributed by atoms with Gasteiger partial charge in [0.05, 0.1) is 0 Å². The maximum atomic E-state index is 12.0. The number of nitrogens with zero attached hydrogens (tertiary/aromatic N) is 2. The molecule has 2 rings (SSSR count). The molecule has 1 heterocycles. The molecule has 1 aliphatic rings. The van der Waals surface area contributed by atoms with Gasteiger partial charge in [-0.1, -0.05) is 17.7 Å². The van der Waals surface area contributed by atoms with E-state index in [2.05, 4.69) is 0 Å². The highest BCUT2D eigenvalue weighted by molar-refractivity contribution is 6.30. The van der Waals surface area contributed by atoms with Gasteiger partial charge < -0.3 is 9.80 Å². The van der Waals surface area contributed by atoms with Gasteiger partial charge in [0.2, 0.25) is 11.8 Å². The zero-order chi connectivity index (χ0) is 14.5. The smallest absolute Gasteiger partial charge is 0.224 e. The van der Waals surface area contributed by atoms with Gasteiger partial charge in [-0.25, -0.2) is 0 Å². The van der Waals surface area contributed by atoms with E-state index in [0.717, 1.165) is 31.6 Å². The molecule has 0 radical (unpaired) electrons. The Labute approximate surface area is 124 Å². The molecule has 1 fully saturated rings. The molecule has 5 heteroatoms. The lowest BCUT2D eigenvalue weighted by Crippen LogP contribution is -2.35. The van der Waals surface area contributed by atoms with E-state index in [1.807, 2.05) is 11.0 Å². The molecular weight excluding hydrogens is 276 g/mol. The highest BCUT2D eigenvalue weighted by Gasteiger charge is 2.20. The maximum Gasteiger partial charge on any atom is 0.224 e. The van der Waals surface area contributed by atoms with Gasteiger partial charge in [-0.2, -0.15) is 0 Å². The Kier molecular flexibility index (Phi) is 5.01. The van der Waals surface area contributed by atoms with Gasteiger partial charge in [0, 0.05) is 43.7 Å². The quantitative estimate of drug-likeness (QED) is 0.857. The molecule has 1 aromatic carbocycles. The first kappa shape index (κ1) is 14.9. The van der Waals surface area contributed by atoms with Gasteiger partial charge in [0.1, 0.15) is 0 Å². The van der Waals surface area contributed by atoms with Crippen LogP contribution in [-0.2, 0) is 9.59 Å². The molecule has 0 bridgehead atoms. The van der Waals surface area contributed by atoms with Crippen LogP contribution in [0.25, 0.3) is 0 Å². The highest BCUT2D eigenvalue weighted by atomic mass is 35.5. The molecule has 0 saturated carbocycles. The molecule has 0 atom stereocenters. The van der Waals surface area contributed by atoms with Crippen LogP contribution in [0.1, 0.15) is 26.2 Å². The number of benzene rings is 1. The first-order valence-electron chi connectivity index (χ1n) is 6.89. The van der Waals surface area contributed by atoms with Crippen LogP contribution in [0.2, 0.25) is 5.02 Å². The van der Waals surface area contributed by atoms with Gasteiger partial charge in [-0.15, -0.1) is 0 Å². The molecular formula is C15H19ClN2O2. The van der Waals surface area contributed by atoms with Crippen LogP contribution in [0.5, 0.6) is 0 Å². The second-order valence-electron chi connectivity index (χ2n) is 4.99. The lowest BCUT2D eigenvalue weighted by molar-refractivity contribution is -0.129. The number of carbonyl (C=O) groups excluding carboxylic acids is 2. The zero-order valence-electron chi connectivity index (χ0n) is 11.6. The van der Waals surface area contributed by atoms with E-state index < -0.39 is 0 Å². The van der Waals surface area contributed by atoms with Crippen molar-refractivity contribution in [3.8, 4) is 0 Å². The number of hydrogen-bond acceptors (Lipinski definition) is 2. The summed E-state index contributed by atoms with van der Waals surface area (Å²) < 4.78 is 0. The molecule has 0 unspecified atom stereocenters. The molecule has 0 aromatic heterocycles. The fourth-order valence-corrected chi connectivity index (χ4v) is 2.63. The van der Waals surface area contributed by atoms with Crippen molar-refractivity contribution < 1.29 is 9.59 Å². The van der Waals surface area contributed by atoms with Crippen LogP contribution in [0, 0.1) is 0 Å². The van der Waals surface area contributed by atoms with Crippen LogP contribution >= 0.6 is 11.6 Å². The summed E-state index contributed by atoms with van der Waals surface area (Å²) in [6.07, 6.45) is 2.51. The van der Waals surface area contributed by atoms with Gasteiger partial charge in [-0.3, -0.25) is 9.59 Å². The monoisotopic (exact) mass is 294 g/mol. The van der Waals surface area contributed by atoms with Gasteiger partial charge in [0.15, 0.2) is 0 Å². The van der Waals surface area contributed by atoms with Gasteiger partial charge in [0.25, 0.3) is 0 Å². The SMILES string of the molecule is CC(=O)N(CCC(=O)N1CCCC1)c1cccc(Cl)c1. The Balaban J connectivity index is 1.99. The highest BCUT2D eigenvalue weighted by Crippen LogP contribution is 2.20. The Morgan fingerprint density at radius 3 is 2.60 bits per heavy atom. The van der Waals surface area contributed by atoms with Crippen molar-refractivity contribution >= 4 is 29.1 Å². The molecule has 0 N–H and O–H groups in total. The number of amides is 2. The van der Waals surface area contributed by atoms with Crippen LogP contribution in [0.3, 0.4) is 0 Å². The van der Waals surface area contributed by atoms with E-state index in [1.165, 1.54) is 6.92 Å². The van der Waals surface area contributed by atoms with Gasteiger partial charge >= 0.3 is 0 Å². The molecule has 0 spiro atoms. The van der Waals surface area contributed by atoms with Crippen molar-refractivity contribution in [1.29, 1.82) is 0 Å². The van der Waals surface area contributed by atoms with Crippen molar-refractivity contribution in [1.82, 2.24) is 4.90 Å². The average Bonchev–Trinajstić information content (AvgIpc) is 2.92. The summed E-state index contributed by atoms with van der Waals surface area (Å²) in [4.78, 5) is 27.2. The Bertz CT molecular complexity index is 498. The maximum absolute atomic E-state index is 12.0. The summed E-state index contributed by atoms with van der Waals surface area (Å²) in [5.41, 5.74) is 0.735. The number of halogens is 1. The van der Waals surface area contributed by atoms with Crippen molar-refractivity contribution in [2.75, 3.05) is 24.5 Å². The summed E-state index contributed by atoms with van der Waals surface area (Å²) in [6, 6.07) is 7.13. The third-order valence-electron chi connectivity index (χ3n) is 3.51. The summed E-state index contributed by atoms with van der Waals surface area (Å²) in [7, 11) is 0. The van der Waals surface area contributed by atoms with E-state index in [4.69, 9.17) is 11.6 Å². The Hall–Kier alpha value is -1.55. The lowest BCUT2D eigenvalue weighted by Gasteiger charge is -2.23. The second kappa shape index (κ2) is 6.75. The summed E-state index contributed by atoms with van der Waals surface area (Å²) in [6.45, 7) is 3.58. The average molecular weight is 295 g/mol. The van der Waals surface area contributed by atoms with Crippen LogP contribution in [0.4, 0.5) is 5.69 Å². The first-order chi connectivity index (χ1) is 9.58. The molecule has 1 saturated heterocycles. The number of anilines is 1. The minimum Gasteiger partial charge on any atom is -0.343 e. The van der Waals surface area contributed by atoms with E-state index in [9.17, 15) is 9.59 Å². The summed E-state index contributed by atoms with van der Waals surface area (Å²) >= 11 is 5.95. The Morgan fingerprint density at radius 1 is 1.30 bits per heavy atom. The number of likely N-dealkylation sites (tertiary alicyclic amines) is 1. The lowest BCUT2D eigenvalue weighted by atomic mass is 10.2. The molecule has 2 amide bonds. The van der Waals surface area contributed by atoms with Crippen molar-refractivity contribution in [2.24, 2.45) is 0 Å². The molecule has 1 aliphatic heterocycles. The summed E-state index contributed by atoms with van der Waals surface area (Å²) in [5.74, 6) is 0.0391. The zero-order valence-corrected chi connectivity index (χ0v) is 12.4. The van der Waals surface area contributed by atoms with Gasteiger partial charge in [-0.05, 0) is 31.0 Å². The fourth-order valence-electron chi connectivity index (χ4n) is 2.44. The normalized spacial score (nSPS) is 14.4. The third-order valence-corrected chi connectivity index (χ3v) is 3.74. The molecule has 108 valence electrons. The third kappa shape index (κ3) is 3.73.